The molecule has 0 radical (unpaired) electrons. The molecule has 0 aliphatic heterocycles. The number of pyridine rings is 1. The zero-order chi connectivity index (χ0) is 19.2. The second-order valence-electron chi connectivity index (χ2n) is 5.73. The van der Waals surface area contributed by atoms with Gasteiger partial charge in [0, 0.05) is 30.3 Å². The van der Waals surface area contributed by atoms with Gasteiger partial charge in [-0.1, -0.05) is 0 Å². The number of hydrogen-bond acceptors (Lipinski definition) is 9. The van der Waals surface area contributed by atoms with E-state index in [1.54, 1.807) is 42.9 Å². The van der Waals surface area contributed by atoms with Gasteiger partial charge in [0.2, 0.25) is 5.88 Å². The Kier molecular flexibility index (Phi) is 5.05. The number of nitrogen functional groups attached to an aromatic ring is 1. The van der Waals surface area contributed by atoms with Gasteiger partial charge in [-0.05, 0) is 30.3 Å². The lowest BCUT2D eigenvalue weighted by atomic mass is 10.3. The molecule has 140 valence electrons. The highest BCUT2D eigenvalue weighted by molar-refractivity contribution is 5.81. The summed E-state index contributed by atoms with van der Waals surface area (Å²) in [6.45, 7) is 0.997. The molecule has 0 aliphatic carbocycles. The summed E-state index contributed by atoms with van der Waals surface area (Å²) in [6, 6.07) is 10.6. The fourth-order valence-corrected chi connectivity index (χ4v) is 2.47. The molecule has 3 N–H and O–H groups in total. The van der Waals surface area contributed by atoms with Crippen LogP contribution in [0.3, 0.4) is 0 Å². The highest BCUT2D eigenvalue weighted by Gasteiger charge is 2.05. The largest absolute Gasteiger partial charge is 0.492 e. The Morgan fingerprint density at radius 1 is 0.857 bits per heavy atom. The summed E-state index contributed by atoms with van der Waals surface area (Å²) in [5.41, 5.74) is 7.49. The molecule has 0 aliphatic rings. The molecule has 9 nitrogen and oxygen atoms in total. The van der Waals surface area contributed by atoms with E-state index in [2.05, 4.69) is 30.2 Å². The van der Waals surface area contributed by atoms with E-state index in [0.29, 0.717) is 47.5 Å². The third-order valence-electron chi connectivity index (χ3n) is 3.74. The number of nitrogens with zero attached hydrogens (tertiary/aromatic N) is 5. The molecule has 0 amide bonds. The van der Waals surface area contributed by atoms with Crippen LogP contribution in [0.4, 0.5) is 11.5 Å². The van der Waals surface area contributed by atoms with E-state index in [1.807, 2.05) is 12.1 Å². The first-order chi connectivity index (χ1) is 13.8. The smallest absolute Gasteiger partial charge is 0.221 e. The van der Waals surface area contributed by atoms with E-state index in [0.717, 1.165) is 5.75 Å². The molecule has 28 heavy (non-hydrogen) atoms. The van der Waals surface area contributed by atoms with Crippen molar-refractivity contribution in [3.63, 3.8) is 0 Å². The van der Waals surface area contributed by atoms with Crippen molar-refractivity contribution in [2.24, 2.45) is 0 Å². The molecule has 0 atom stereocenters. The summed E-state index contributed by atoms with van der Waals surface area (Å²) in [6.07, 6.45) is 6.25. The summed E-state index contributed by atoms with van der Waals surface area (Å²) in [7, 11) is 0. The third kappa shape index (κ3) is 4.21. The summed E-state index contributed by atoms with van der Waals surface area (Å²) in [5.74, 6) is 2.44. The van der Waals surface area contributed by atoms with Crippen LogP contribution in [0.15, 0.2) is 61.3 Å². The van der Waals surface area contributed by atoms with Crippen LogP contribution in [0, 0.1) is 0 Å². The molecule has 0 spiro atoms. The average Bonchev–Trinajstić information content (AvgIpc) is 2.72. The molecule has 9 heteroatoms. The summed E-state index contributed by atoms with van der Waals surface area (Å²) in [4.78, 5) is 20.8. The van der Waals surface area contributed by atoms with Gasteiger partial charge < -0.3 is 20.5 Å². The highest BCUT2D eigenvalue weighted by Crippen LogP contribution is 2.23. The van der Waals surface area contributed by atoms with Crippen molar-refractivity contribution in [1.29, 1.82) is 0 Å². The van der Waals surface area contributed by atoms with Crippen LogP contribution in [0.1, 0.15) is 0 Å². The van der Waals surface area contributed by atoms with Gasteiger partial charge in [-0.2, -0.15) is 0 Å². The zero-order valence-corrected chi connectivity index (χ0v) is 14.8. The number of anilines is 2. The standard InChI is InChI=1S/C19H17N7O2/c20-13-5-6-21-16(11-13)28-15-3-1-14(2-4-15)27-10-9-24-19-17-18(25-12-26-19)23-8-7-22-17/h1-8,11-12H,9-10H2,(H2,20,21)(H,23,24,25,26). The summed E-state index contributed by atoms with van der Waals surface area (Å²) in [5, 5.41) is 3.18. The van der Waals surface area contributed by atoms with Gasteiger partial charge in [0.25, 0.3) is 0 Å². The summed E-state index contributed by atoms with van der Waals surface area (Å²) < 4.78 is 11.4. The second-order valence-corrected chi connectivity index (χ2v) is 5.73. The highest BCUT2D eigenvalue weighted by atomic mass is 16.5. The normalized spacial score (nSPS) is 10.6. The molecule has 3 aromatic heterocycles. The van der Waals surface area contributed by atoms with Crippen molar-refractivity contribution in [2.45, 2.75) is 0 Å². The lowest BCUT2D eigenvalue weighted by Crippen LogP contribution is -2.13. The van der Waals surface area contributed by atoms with Gasteiger partial charge in [0.05, 0.1) is 6.54 Å². The number of ether oxygens (including phenoxy) is 2. The minimum Gasteiger partial charge on any atom is -0.492 e. The number of nitrogens with two attached hydrogens (primary N) is 1. The second kappa shape index (κ2) is 8.12. The van der Waals surface area contributed by atoms with Crippen LogP contribution in [0.25, 0.3) is 11.2 Å². The monoisotopic (exact) mass is 375 g/mol. The van der Waals surface area contributed by atoms with E-state index in [4.69, 9.17) is 15.2 Å². The Hall–Kier alpha value is -4.01. The number of hydrogen-bond donors (Lipinski definition) is 2. The van der Waals surface area contributed by atoms with Crippen LogP contribution < -0.4 is 20.5 Å². The van der Waals surface area contributed by atoms with Crippen molar-refractivity contribution in [3.8, 4) is 17.4 Å². The fourth-order valence-electron chi connectivity index (χ4n) is 2.47. The SMILES string of the molecule is Nc1ccnc(Oc2ccc(OCCNc3ncnc4nccnc34)cc2)c1. The van der Waals surface area contributed by atoms with Crippen LogP contribution >= 0.6 is 0 Å². The maximum Gasteiger partial charge on any atom is 0.221 e. The Balaban J connectivity index is 1.29. The Morgan fingerprint density at radius 2 is 1.68 bits per heavy atom. The van der Waals surface area contributed by atoms with Crippen LogP contribution in [-0.4, -0.2) is 38.1 Å². The molecule has 3 heterocycles. The Bertz CT molecular complexity index is 1070. The zero-order valence-electron chi connectivity index (χ0n) is 14.8. The van der Waals surface area contributed by atoms with Gasteiger partial charge in [0.15, 0.2) is 11.5 Å². The maximum absolute atomic E-state index is 5.73. The van der Waals surface area contributed by atoms with Gasteiger partial charge in [-0.3, -0.25) is 0 Å². The Morgan fingerprint density at radius 3 is 2.54 bits per heavy atom. The lowest BCUT2D eigenvalue weighted by Gasteiger charge is -2.10. The molecule has 0 saturated carbocycles. The number of nitrogens with one attached hydrogen (secondary N) is 1. The number of fused-ring (bicyclic) bond motifs is 1. The average molecular weight is 375 g/mol. The molecule has 0 unspecified atom stereocenters. The number of benzene rings is 1. The molecular weight excluding hydrogens is 358 g/mol. The molecular formula is C19H17N7O2. The fraction of sp³-hybridized carbons (Fsp3) is 0.105. The van der Waals surface area contributed by atoms with Gasteiger partial charge in [-0.25, -0.2) is 24.9 Å². The number of rotatable bonds is 7. The topological polar surface area (TPSA) is 121 Å². The molecule has 0 fully saturated rings. The molecule has 0 saturated heterocycles. The van der Waals surface area contributed by atoms with Crippen LogP contribution in [0.2, 0.25) is 0 Å². The minimum absolute atomic E-state index is 0.443. The minimum atomic E-state index is 0.443. The van der Waals surface area contributed by atoms with Gasteiger partial charge in [0.1, 0.15) is 29.9 Å². The van der Waals surface area contributed by atoms with Crippen LogP contribution in [0.5, 0.6) is 17.4 Å². The predicted molar refractivity (Wildman–Crippen MR) is 104 cm³/mol. The van der Waals surface area contributed by atoms with Gasteiger partial charge in [-0.15, -0.1) is 0 Å². The third-order valence-corrected chi connectivity index (χ3v) is 3.74. The quantitative estimate of drug-likeness (QED) is 0.469. The first kappa shape index (κ1) is 17.4. The van der Waals surface area contributed by atoms with E-state index in [9.17, 15) is 0 Å². The van der Waals surface area contributed by atoms with Crippen molar-refractivity contribution >= 4 is 22.7 Å². The molecule has 0 bridgehead atoms. The van der Waals surface area contributed by atoms with E-state index in [-0.39, 0.29) is 0 Å². The summed E-state index contributed by atoms with van der Waals surface area (Å²) >= 11 is 0. The number of aromatic nitrogens is 5. The van der Waals surface area contributed by atoms with Gasteiger partial charge >= 0.3 is 0 Å². The molecule has 1 aromatic carbocycles. The van der Waals surface area contributed by atoms with Crippen molar-refractivity contribution in [3.05, 3.63) is 61.3 Å². The van der Waals surface area contributed by atoms with Crippen LogP contribution in [-0.2, 0) is 0 Å². The van der Waals surface area contributed by atoms with E-state index in [1.165, 1.54) is 6.33 Å². The Labute approximate surface area is 160 Å². The molecule has 4 rings (SSSR count). The van der Waals surface area contributed by atoms with E-state index >= 15 is 0 Å². The molecule has 4 aromatic rings. The lowest BCUT2D eigenvalue weighted by molar-refractivity contribution is 0.332. The first-order valence-corrected chi connectivity index (χ1v) is 8.56. The van der Waals surface area contributed by atoms with Crippen molar-refractivity contribution < 1.29 is 9.47 Å². The van der Waals surface area contributed by atoms with E-state index < -0.39 is 0 Å². The predicted octanol–water partition coefficient (Wildman–Crippen LogP) is 2.68. The van der Waals surface area contributed by atoms with Crippen molar-refractivity contribution in [1.82, 2.24) is 24.9 Å². The van der Waals surface area contributed by atoms with Crippen molar-refractivity contribution in [2.75, 3.05) is 24.2 Å². The maximum atomic E-state index is 5.73. The first-order valence-electron chi connectivity index (χ1n) is 8.56.